The lowest BCUT2D eigenvalue weighted by Gasteiger charge is -2.65. The van der Waals surface area contributed by atoms with Crippen LogP contribution in [-0.2, 0) is 19.4 Å². The molecule has 5 unspecified atom stereocenters. The number of aliphatic hydroxyl groups excluding tert-OH is 1. The van der Waals surface area contributed by atoms with Gasteiger partial charge in [-0.05, 0) is 114 Å². The Morgan fingerprint density at radius 3 is 2.33 bits per heavy atom. The van der Waals surface area contributed by atoms with E-state index in [2.05, 4.69) is 46.7 Å². The molecule has 4 aliphatic carbocycles. The molecule has 4 aromatic rings. The molecule has 0 radical (unpaired) electrons. The molecule has 7 N–H and O–H groups in total. The molecule has 0 aromatic heterocycles. The van der Waals surface area contributed by atoms with Crippen molar-refractivity contribution in [2.75, 3.05) is 13.2 Å². The fourth-order valence-corrected chi connectivity index (χ4v) is 12.2. The van der Waals surface area contributed by atoms with Crippen LogP contribution in [0.3, 0.4) is 0 Å². The number of phenols is 5. The maximum absolute atomic E-state index is 12.0. The summed E-state index contributed by atoms with van der Waals surface area (Å²) in [6.07, 6.45) is 21.3. The monoisotopic (exact) mass is 767 g/mol. The van der Waals surface area contributed by atoms with E-state index in [4.69, 9.17) is 4.99 Å². The van der Waals surface area contributed by atoms with Gasteiger partial charge in [-0.1, -0.05) is 86.0 Å². The van der Waals surface area contributed by atoms with Gasteiger partial charge in [-0.2, -0.15) is 0 Å². The van der Waals surface area contributed by atoms with Crippen molar-refractivity contribution in [3.8, 4) is 28.7 Å². The number of nitrogens with zero attached hydrogens (tertiary/aromatic N) is 2. The first-order chi connectivity index (χ1) is 27.7. The highest BCUT2D eigenvalue weighted by atomic mass is 16.3. The van der Waals surface area contributed by atoms with E-state index in [1.54, 1.807) is 30.4 Å². The van der Waals surface area contributed by atoms with E-state index in [9.17, 15) is 30.6 Å². The van der Waals surface area contributed by atoms with E-state index in [0.717, 1.165) is 23.4 Å². The summed E-state index contributed by atoms with van der Waals surface area (Å²) in [6, 6.07) is 18.0. The van der Waals surface area contributed by atoms with Crippen molar-refractivity contribution in [1.82, 2.24) is 5.32 Å². The normalized spacial score (nSPS) is 27.4. The Balaban J connectivity index is 0.962. The number of aromatic hydroxyl groups is 5. The first-order valence-electron chi connectivity index (χ1n) is 20.7. The summed E-state index contributed by atoms with van der Waals surface area (Å²) < 4.78 is 0. The lowest BCUT2D eigenvalue weighted by molar-refractivity contribution is -0.142. The van der Waals surface area contributed by atoms with E-state index >= 15 is 0 Å². The van der Waals surface area contributed by atoms with Gasteiger partial charge in [0.25, 0.3) is 0 Å². The number of benzene rings is 4. The molecular weight excluding hydrogens is 715 g/mol. The maximum atomic E-state index is 12.0. The molecule has 57 heavy (non-hydrogen) atoms. The van der Waals surface area contributed by atoms with Crippen LogP contribution in [0.5, 0.6) is 28.7 Å². The van der Waals surface area contributed by atoms with Gasteiger partial charge in [-0.3, -0.25) is 9.98 Å². The summed E-state index contributed by atoms with van der Waals surface area (Å²) in [5, 5.41) is 69.5. The summed E-state index contributed by atoms with van der Waals surface area (Å²) in [5.74, 6) is -0.625. The number of fused-ring (bicyclic) bond motifs is 1. The van der Waals surface area contributed by atoms with Crippen molar-refractivity contribution in [3.63, 3.8) is 0 Å². The lowest BCUT2D eigenvalue weighted by Crippen LogP contribution is -2.67. The molecule has 2 spiro atoms. The maximum Gasteiger partial charge on any atom is 0.169 e. The van der Waals surface area contributed by atoms with Crippen LogP contribution < -0.4 is 5.32 Å². The molecule has 0 saturated heterocycles. The summed E-state index contributed by atoms with van der Waals surface area (Å²) >= 11 is 0. The van der Waals surface area contributed by atoms with Crippen molar-refractivity contribution in [1.29, 1.82) is 0 Å². The zero-order valence-electron chi connectivity index (χ0n) is 32.4. The van der Waals surface area contributed by atoms with Crippen molar-refractivity contribution in [2.24, 2.45) is 38.1 Å². The van der Waals surface area contributed by atoms with Crippen LogP contribution in [0.4, 0.5) is 0 Å². The van der Waals surface area contributed by atoms with Crippen LogP contribution in [0.2, 0.25) is 0 Å². The van der Waals surface area contributed by atoms with E-state index in [1.165, 1.54) is 76.0 Å². The van der Waals surface area contributed by atoms with Gasteiger partial charge < -0.3 is 36.0 Å². The first-order valence-corrected chi connectivity index (χ1v) is 20.7. The van der Waals surface area contributed by atoms with Gasteiger partial charge >= 0.3 is 0 Å². The zero-order valence-corrected chi connectivity index (χ0v) is 32.4. The van der Waals surface area contributed by atoms with E-state index in [1.807, 2.05) is 6.21 Å². The number of hydrogen-bond donors (Lipinski definition) is 7. The molecule has 1 aliphatic heterocycles. The van der Waals surface area contributed by atoms with Gasteiger partial charge in [0.15, 0.2) is 23.0 Å². The number of aliphatic imine (C=N–C) groups is 2. The molecule has 9 rings (SSSR count). The average Bonchev–Trinajstić information content (AvgIpc) is 4.01. The molecule has 3 saturated carbocycles. The Morgan fingerprint density at radius 2 is 1.56 bits per heavy atom. The summed E-state index contributed by atoms with van der Waals surface area (Å²) in [6.45, 7) is 1.91. The average molecular weight is 768 g/mol. The number of aryl methyl sites for hydroxylation is 1. The number of phenolic OH excluding ortho intramolecular Hbond substituents is 5. The Labute approximate surface area is 333 Å². The number of nitrogens with one attached hydrogen (secondary N) is 1. The van der Waals surface area contributed by atoms with E-state index in [0.29, 0.717) is 54.0 Å². The van der Waals surface area contributed by atoms with Gasteiger partial charge in [0.05, 0.1) is 17.2 Å². The molecule has 5 atom stereocenters. The highest BCUT2D eigenvalue weighted by Gasteiger charge is 2.70. The van der Waals surface area contributed by atoms with Crippen LogP contribution in [0.15, 0.2) is 82.8 Å². The van der Waals surface area contributed by atoms with Crippen molar-refractivity contribution < 1.29 is 30.6 Å². The van der Waals surface area contributed by atoms with Crippen LogP contribution in [0, 0.1) is 28.1 Å². The topological polar surface area (TPSA) is 158 Å². The van der Waals surface area contributed by atoms with Crippen LogP contribution in [-0.4, -0.2) is 61.9 Å². The predicted octanol–water partition coefficient (Wildman–Crippen LogP) is 8.57. The lowest BCUT2D eigenvalue weighted by atomic mass is 9.39. The summed E-state index contributed by atoms with van der Waals surface area (Å²) in [5.41, 5.74) is 5.04. The Morgan fingerprint density at radius 1 is 0.754 bits per heavy atom. The second-order valence-corrected chi connectivity index (χ2v) is 17.3. The Bertz CT molecular complexity index is 2310. The fraction of sp³-hybridized carbons (Fsp3) is 0.417. The molecule has 5 aliphatic rings. The number of hydrogen-bond acceptors (Lipinski definition) is 9. The molecule has 0 amide bonds. The van der Waals surface area contributed by atoms with Crippen LogP contribution in [0.25, 0.3) is 22.9 Å². The molecular formula is C48H53N3O6. The standard InChI is InChI=1S/C48H53N3O6/c52-37-18-14-31(25-40(37)55)13-16-34-35-6-3-7-38(53)42(35)44(57)43(56)36(34)17-12-30-8-10-32(11-9-30)26-49-28-48(41-27-50-29-51-41)45-39(54)19-15-33-5-4-22-47(33,45)24-23-46(48)20-1-2-21-46/h3,6-11,13-16,18-19,25,27,33,39,45,49,52-57H,1-2,4-5,12,17,20-24,26,28-29H2. The van der Waals surface area contributed by atoms with Crippen molar-refractivity contribution in [3.05, 3.63) is 101 Å². The quantitative estimate of drug-likeness (QED) is 0.0484. The predicted molar refractivity (Wildman–Crippen MR) is 225 cm³/mol. The smallest absolute Gasteiger partial charge is 0.169 e. The SMILES string of the molecule is Oc1ccc(C=Cc2c(CCc3ccc(CNCC4(C5=NCN=C5)C5C(O)C=CC6CCCC65CCC45CCCC5)cc3)c(O)c(O)c3c(O)cccc23)cc1O. The van der Waals surface area contributed by atoms with Gasteiger partial charge in [-0.15, -0.1) is 0 Å². The molecule has 3 fully saturated rings. The second kappa shape index (κ2) is 14.7. The number of allylic oxidation sites excluding steroid dienone is 1. The van der Waals surface area contributed by atoms with Gasteiger partial charge in [-0.25, -0.2) is 0 Å². The molecule has 9 heteroatoms. The summed E-state index contributed by atoms with van der Waals surface area (Å²) in [7, 11) is 0. The third kappa shape index (κ3) is 6.13. The van der Waals surface area contributed by atoms with E-state index < -0.39 is 6.10 Å². The zero-order chi connectivity index (χ0) is 39.4. The fourth-order valence-electron chi connectivity index (χ4n) is 12.2. The minimum atomic E-state index is -0.498. The number of rotatable bonds is 10. The third-order valence-electron chi connectivity index (χ3n) is 14.8. The van der Waals surface area contributed by atoms with Gasteiger partial charge in [0.2, 0.25) is 0 Å². The minimum absolute atomic E-state index is 0.0929. The molecule has 1 heterocycles. The molecule has 4 aromatic carbocycles. The first kappa shape index (κ1) is 37.5. The molecule has 296 valence electrons. The Hall–Kier alpha value is -5.12. The number of aliphatic hydroxyl groups is 1. The second-order valence-electron chi connectivity index (χ2n) is 17.3. The van der Waals surface area contributed by atoms with Crippen LogP contribution in [0.1, 0.15) is 85.6 Å². The third-order valence-corrected chi connectivity index (χ3v) is 14.8. The highest BCUT2D eigenvalue weighted by Crippen LogP contribution is 2.72. The minimum Gasteiger partial charge on any atom is -0.507 e. The van der Waals surface area contributed by atoms with Crippen molar-refractivity contribution >= 4 is 34.9 Å². The molecule has 9 nitrogen and oxygen atoms in total. The highest BCUT2D eigenvalue weighted by molar-refractivity contribution is 6.34. The summed E-state index contributed by atoms with van der Waals surface area (Å²) in [4.78, 5) is 9.74. The van der Waals surface area contributed by atoms with Gasteiger partial charge in [0, 0.05) is 36.2 Å². The largest absolute Gasteiger partial charge is 0.507 e. The van der Waals surface area contributed by atoms with Crippen molar-refractivity contribution in [2.45, 2.75) is 83.3 Å². The molecule has 0 bridgehead atoms. The van der Waals surface area contributed by atoms with Gasteiger partial charge in [0.1, 0.15) is 12.4 Å². The van der Waals surface area contributed by atoms with E-state index in [-0.39, 0.29) is 56.3 Å². The van der Waals surface area contributed by atoms with Crippen LogP contribution >= 0.6 is 0 Å². The Kier molecular flexibility index (Phi) is 9.64.